The molecule has 0 aliphatic carbocycles. The van der Waals surface area contributed by atoms with E-state index in [-0.39, 0.29) is 28.4 Å². The molecule has 3 aromatic heterocycles. The standard InChI is InChI=1S/C81H72BN3O2/c1-78(2,3)55-39-52(40-56(47-55)79(4,5)6)50-33-36-63-72(45-50)87-73-46-54(53-41-57(80(7,8)9)48-58(42-53)81(10,11)12)44-69-76(73)82(63)64-43-51(34-37-68(64)84(69)66-29-19-16-25-59(66)49-23-14-13-15-24-49)65-28-22-32-74(83-65)85-67-30-20-17-26-60(67)61-35-38-71-75(77(61)85)62-27-18-21-31-70(62)86-71/h13-48H,1-12H3. The van der Waals surface area contributed by atoms with Crippen LogP contribution in [0.25, 0.3) is 94.2 Å². The lowest BCUT2D eigenvalue weighted by molar-refractivity contribution is 0.488. The summed E-state index contributed by atoms with van der Waals surface area (Å²) in [5.74, 6) is 2.56. The highest BCUT2D eigenvalue weighted by Crippen LogP contribution is 2.49. The van der Waals surface area contributed by atoms with E-state index in [0.717, 1.165) is 117 Å². The van der Waals surface area contributed by atoms with Crippen molar-refractivity contribution in [2.24, 2.45) is 0 Å². The summed E-state index contributed by atoms with van der Waals surface area (Å²) in [4.78, 5) is 8.21. The van der Waals surface area contributed by atoms with Gasteiger partial charge in [0, 0.05) is 33.1 Å². The normalized spacial score (nSPS) is 13.3. The molecule has 2 aliphatic rings. The maximum Gasteiger partial charge on any atom is 0.256 e. The highest BCUT2D eigenvalue weighted by Gasteiger charge is 2.43. The first-order valence-corrected chi connectivity index (χ1v) is 30.9. The van der Waals surface area contributed by atoms with Gasteiger partial charge in [-0.3, -0.25) is 4.57 Å². The van der Waals surface area contributed by atoms with E-state index in [0.29, 0.717) is 0 Å². The van der Waals surface area contributed by atoms with Crippen LogP contribution in [0, 0.1) is 0 Å². The minimum Gasteiger partial charge on any atom is -0.458 e. The van der Waals surface area contributed by atoms with Gasteiger partial charge in [-0.05, 0) is 160 Å². The lowest BCUT2D eigenvalue weighted by atomic mass is 9.34. The fraction of sp³-hybridized carbons (Fsp3) is 0.198. The van der Waals surface area contributed by atoms with Gasteiger partial charge in [0.1, 0.15) is 28.5 Å². The second kappa shape index (κ2) is 19.6. The summed E-state index contributed by atoms with van der Waals surface area (Å²) in [6.45, 7) is 27.6. The summed E-state index contributed by atoms with van der Waals surface area (Å²) in [6.07, 6.45) is 0. The molecule has 0 radical (unpaired) electrons. The Kier molecular flexibility index (Phi) is 12.2. The van der Waals surface area contributed by atoms with Crippen molar-refractivity contribution in [3.8, 4) is 62.0 Å². The number of nitrogens with zero attached hydrogens (tertiary/aromatic N) is 3. The molecule has 15 rings (SSSR count). The van der Waals surface area contributed by atoms with E-state index < -0.39 is 0 Å². The Morgan fingerprint density at radius 2 is 0.977 bits per heavy atom. The van der Waals surface area contributed by atoms with E-state index in [9.17, 15) is 0 Å². The first kappa shape index (κ1) is 54.3. The molecule has 87 heavy (non-hydrogen) atoms. The van der Waals surface area contributed by atoms with Crippen LogP contribution in [0.4, 0.5) is 17.1 Å². The third-order valence-electron chi connectivity index (χ3n) is 18.4. The first-order valence-electron chi connectivity index (χ1n) is 30.9. The van der Waals surface area contributed by atoms with Gasteiger partial charge in [0.15, 0.2) is 0 Å². The summed E-state index contributed by atoms with van der Waals surface area (Å²) in [6, 6.07) is 80.8. The zero-order valence-corrected chi connectivity index (χ0v) is 52.0. The predicted molar refractivity (Wildman–Crippen MR) is 368 cm³/mol. The molecule has 0 fully saturated rings. The third-order valence-corrected chi connectivity index (χ3v) is 18.4. The van der Waals surface area contributed by atoms with Crippen molar-refractivity contribution < 1.29 is 9.15 Å². The van der Waals surface area contributed by atoms with Crippen molar-refractivity contribution in [1.29, 1.82) is 0 Å². The maximum atomic E-state index is 7.60. The zero-order valence-electron chi connectivity index (χ0n) is 52.0. The van der Waals surface area contributed by atoms with Gasteiger partial charge in [0.2, 0.25) is 0 Å². The molecule has 6 heteroatoms. The lowest BCUT2D eigenvalue weighted by Gasteiger charge is -2.41. The van der Waals surface area contributed by atoms with Crippen molar-refractivity contribution in [3.63, 3.8) is 0 Å². The third kappa shape index (κ3) is 9.09. The number of furan rings is 1. The fourth-order valence-electron chi connectivity index (χ4n) is 13.6. The Bertz CT molecular complexity index is 4890. The molecule has 0 spiro atoms. The summed E-state index contributed by atoms with van der Waals surface area (Å²) in [5.41, 5.74) is 24.5. The minimum atomic E-state index is -0.197. The molecule has 10 aromatic carbocycles. The van der Waals surface area contributed by atoms with E-state index in [4.69, 9.17) is 14.1 Å². The number of benzene rings is 10. The van der Waals surface area contributed by atoms with Crippen molar-refractivity contribution >= 4 is 83.9 Å². The highest BCUT2D eigenvalue weighted by atomic mass is 16.5. The number of fused-ring (bicyclic) bond motifs is 11. The number of ether oxygens (including phenoxy) is 1. The second-order valence-corrected chi connectivity index (χ2v) is 28.5. The van der Waals surface area contributed by atoms with Crippen LogP contribution in [-0.4, -0.2) is 16.3 Å². The van der Waals surface area contributed by atoms with Gasteiger partial charge in [0.25, 0.3) is 6.71 Å². The number of pyridine rings is 1. The Morgan fingerprint density at radius 1 is 0.379 bits per heavy atom. The first-order chi connectivity index (χ1) is 41.6. The summed E-state index contributed by atoms with van der Waals surface area (Å²) < 4.78 is 16.5. The molecule has 0 unspecified atom stereocenters. The van der Waals surface area contributed by atoms with Gasteiger partial charge in [-0.1, -0.05) is 235 Å². The summed E-state index contributed by atoms with van der Waals surface area (Å²) in [5, 5.41) is 4.50. The molecule has 0 saturated carbocycles. The molecule has 5 heterocycles. The van der Waals surface area contributed by atoms with E-state index in [1.165, 1.54) is 44.2 Å². The number of hydrogen-bond acceptors (Lipinski definition) is 4. The molecule has 13 aromatic rings. The number of aromatic nitrogens is 2. The molecule has 0 bridgehead atoms. The zero-order chi connectivity index (χ0) is 60.1. The molecule has 5 nitrogen and oxygen atoms in total. The molecule has 2 aliphatic heterocycles. The Balaban J connectivity index is 0.987. The quantitative estimate of drug-likeness (QED) is 0.156. The van der Waals surface area contributed by atoms with Crippen LogP contribution in [0.15, 0.2) is 223 Å². The number of hydrogen-bond donors (Lipinski definition) is 0. The van der Waals surface area contributed by atoms with Gasteiger partial charge in [-0.2, -0.15) is 0 Å². The van der Waals surface area contributed by atoms with Crippen molar-refractivity contribution in [2.45, 2.75) is 105 Å². The van der Waals surface area contributed by atoms with Gasteiger partial charge in [-0.15, -0.1) is 0 Å². The van der Waals surface area contributed by atoms with Crippen molar-refractivity contribution in [2.75, 3.05) is 4.90 Å². The van der Waals surface area contributed by atoms with Crippen LogP contribution < -0.4 is 26.0 Å². The number of anilines is 3. The molecule has 0 amide bonds. The lowest BCUT2D eigenvalue weighted by Crippen LogP contribution is -2.59. The molecule has 0 N–H and O–H groups in total. The van der Waals surface area contributed by atoms with Crippen LogP contribution in [-0.2, 0) is 21.7 Å². The molecule has 0 atom stereocenters. The van der Waals surface area contributed by atoms with Crippen molar-refractivity contribution in [3.05, 3.63) is 241 Å². The number of rotatable bonds is 6. The fourth-order valence-corrected chi connectivity index (χ4v) is 13.6. The second-order valence-electron chi connectivity index (χ2n) is 28.5. The Labute approximate surface area is 512 Å². The van der Waals surface area contributed by atoms with Crippen LogP contribution in [0.2, 0.25) is 0 Å². The minimum absolute atomic E-state index is 0.0445. The maximum absolute atomic E-state index is 7.60. The van der Waals surface area contributed by atoms with Crippen LogP contribution >= 0.6 is 0 Å². The highest BCUT2D eigenvalue weighted by molar-refractivity contribution is 6.99. The van der Waals surface area contributed by atoms with Gasteiger partial charge in [0.05, 0.1) is 27.8 Å². The Hall–Kier alpha value is -9.39. The molecular weight excluding hydrogens is 1060 g/mol. The SMILES string of the molecule is CC(C)(C)c1cc(-c2ccc3c(c2)Oc2cc(-c4cc(C(C)(C)C)cc(C(C)(C)C)c4)cc4c2B3c2cc(-c3cccc(-n5c6ccccc6c6ccc7oc8ccccc8c7c65)n3)ccc2N4c2ccccc2-c2ccccc2)cc(C(C)(C)C)c1. The molecule has 0 saturated heterocycles. The topological polar surface area (TPSA) is 43.4 Å². The number of para-hydroxylation sites is 3. The van der Waals surface area contributed by atoms with E-state index in [1.54, 1.807) is 0 Å². The monoisotopic (exact) mass is 1130 g/mol. The van der Waals surface area contributed by atoms with Gasteiger partial charge in [-0.25, -0.2) is 4.98 Å². The molecular formula is C81H72BN3O2. The summed E-state index contributed by atoms with van der Waals surface area (Å²) >= 11 is 0. The van der Waals surface area contributed by atoms with Crippen LogP contribution in [0.5, 0.6) is 11.5 Å². The smallest absolute Gasteiger partial charge is 0.256 e. The van der Waals surface area contributed by atoms with Gasteiger partial charge < -0.3 is 14.1 Å². The largest absolute Gasteiger partial charge is 0.458 e. The van der Waals surface area contributed by atoms with Crippen LogP contribution in [0.1, 0.15) is 105 Å². The predicted octanol–water partition coefficient (Wildman–Crippen LogP) is 20.3. The van der Waals surface area contributed by atoms with E-state index in [2.05, 4.69) is 305 Å². The van der Waals surface area contributed by atoms with Crippen molar-refractivity contribution in [1.82, 2.24) is 9.55 Å². The van der Waals surface area contributed by atoms with Crippen LogP contribution in [0.3, 0.4) is 0 Å². The summed E-state index contributed by atoms with van der Waals surface area (Å²) in [7, 11) is 0. The van der Waals surface area contributed by atoms with Gasteiger partial charge >= 0.3 is 0 Å². The van der Waals surface area contributed by atoms with E-state index in [1.807, 2.05) is 6.07 Å². The average molecular weight is 1130 g/mol. The molecule has 426 valence electrons. The van der Waals surface area contributed by atoms with E-state index >= 15 is 0 Å². The average Bonchev–Trinajstić information content (AvgIpc) is 1.40. The Morgan fingerprint density at radius 3 is 1.68 bits per heavy atom.